The molecule has 0 aromatic heterocycles. The van der Waals surface area contributed by atoms with Crippen molar-refractivity contribution in [1.29, 1.82) is 0 Å². The molecule has 6 heteroatoms. The maximum atomic E-state index is 12.8. The molecule has 1 fully saturated rings. The number of rotatable bonds is 2. The van der Waals surface area contributed by atoms with Crippen LogP contribution in [-0.4, -0.2) is 42.1 Å². The van der Waals surface area contributed by atoms with Crippen LogP contribution < -0.4 is 15.5 Å². The Hall–Kier alpha value is -3.02. The fraction of sp³-hybridized carbons (Fsp3) is 0.391. The number of fused-ring (bicyclic) bond motifs is 1. The van der Waals surface area contributed by atoms with Gasteiger partial charge in [0.15, 0.2) is 0 Å². The van der Waals surface area contributed by atoms with Gasteiger partial charge in [0.2, 0.25) is 0 Å². The van der Waals surface area contributed by atoms with Crippen molar-refractivity contribution in [3.05, 3.63) is 59.2 Å². The smallest absolute Gasteiger partial charge is 0.321 e. The number of hydrogen-bond donors (Lipinski definition) is 2. The summed E-state index contributed by atoms with van der Waals surface area (Å²) in [6.45, 7) is 8.19. The first-order valence-electron chi connectivity index (χ1n) is 10.3. The van der Waals surface area contributed by atoms with E-state index in [2.05, 4.69) is 29.4 Å². The highest BCUT2D eigenvalue weighted by Crippen LogP contribution is 2.37. The number of aryl methyl sites for hydroxylation is 2. The number of amides is 3. The topological polar surface area (TPSA) is 64.7 Å². The van der Waals surface area contributed by atoms with Gasteiger partial charge in [0.25, 0.3) is 5.91 Å². The van der Waals surface area contributed by atoms with Crippen LogP contribution >= 0.6 is 0 Å². The molecule has 0 aliphatic carbocycles. The molecule has 2 N–H and O–H groups in total. The maximum absolute atomic E-state index is 12.8. The second kappa shape index (κ2) is 7.43. The normalized spacial score (nSPS) is 17.7. The van der Waals surface area contributed by atoms with Crippen LogP contribution in [0.1, 0.15) is 41.3 Å². The summed E-state index contributed by atoms with van der Waals surface area (Å²) in [6, 6.07) is 13.6. The molecule has 0 unspecified atom stereocenters. The molecule has 0 atom stereocenters. The lowest BCUT2D eigenvalue weighted by molar-refractivity contribution is 0.0808. The van der Waals surface area contributed by atoms with E-state index in [0.717, 1.165) is 29.0 Å². The van der Waals surface area contributed by atoms with Crippen LogP contribution in [0.25, 0.3) is 0 Å². The van der Waals surface area contributed by atoms with Gasteiger partial charge in [-0.2, -0.15) is 0 Å². The molecule has 4 rings (SSSR count). The second-order valence-corrected chi connectivity index (χ2v) is 7.96. The zero-order valence-electron chi connectivity index (χ0n) is 17.3. The van der Waals surface area contributed by atoms with Crippen LogP contribution in [-0.2, 0) is 0 Å². The second-order valence-electron chi connectivity index (χ2n) is 7.96. The number of nitrogens with zero attached hydrogens (tertiary/aromatic N) is 2. The molecule has 29 heavy (non-hydrogen) atoms. The van der Waals surface area contributed by atoms with E-state index in [9.17, 15) is 9.59 Å². The monoisotopic (exact) mass is 392 g/mol. The Bertz CT molecular complexity index is 948. The first-order chi connectivity index (χ1) is 13.9. The molecule has 2 heterocycles. The molecule has 0 bridgehead atoms. The third kappa shape index (κ3) is 3.43. The maximum Gasteiger partial charge on any atom is 0.321 e. The minimum atomic E-state index is -0.433. The molecule has 2 aliphatic heterocycles. The minimum Gasteiger partial charge on any atom is -0.348 e. The van der Waals surface area contributed by atoms with Crippen molar-refractivity contribution >= 4 is 23.3 Å². The Kier molecular flexibility index (Phi) is 4.94. The van der Waals surface area contributed by atoms with E-state index in [-0.39, 0.29) is 11.9 Å². The van der Waals surface area contributed by atoms with Gasteiger partial charge in [-0.15, -0.1) is 0 Å². The Balaban J connectivity index is 1.47. The number of hydrogen-bond acceptors (Lipinski definition) is 3. The standard InChI is InChI=1S/C23H28N4O2/c1-4-27-20-8-6-5-7-19(20)21(28)25-23(27)11-13-26(14-12-23)22(29)24-18-10-9-16(2)17(3)15-18/h5-10,15H,4,11-14H2,1-3H3,(H,24,29)(H,25,28). The molecular weight excluding hydrogens is 364 g/mol. The van der Waals surface area contributed by atoms with Crippen LogP contribution in [0.4, 0.5) is 16.2 Å². The molecule has 6 nitrogen and oxygen atoms in total. The number of urea groups is 1. The first-order valence-corrected chi connectivity index (χ1v) is 10.3. The van der Waals surface area contributed by atoms with Gasteiger partial charge in [0.1, 0.15) is 5.66 Å². The molecule has 0 saturated carbocycles. The molecule has 152 valence electrons. The van der Waals surface area contributed by atoms with E-state index >= 15 is 0 Å². The largest absolute Gasteiger partial charge is 0.348 e. The summed E-state index contributed by atoms with van der Waals surface area (Å²) in [7, 11) is 0. The summed E-state index contributed by atoms with van der Waals surface area (Å²) in [6.07, 6.45) is 1.39. The van der Waals surface area contributed by atoms with Crippen molar-refractivity contribution in [3.63, 3.8) is 0 Å². The van der Waals surface area contributed by atoms with Gasteiger partial charge in [0, 0.05) is 38.2 Å². The highest BCUT2D eigenvalue weighted by Gasteiger charge is 2.45. The number of para-hydroxylation sites is 1. The number of likely N-dealkylation sites (tertiary alicyclic amines) is 1. The van der Waals surface area contributed by atoms with Crippen LogP contribution in [0, 0.1) is 13.8 Å². The zero-order chi connectivity index (χ0) is 20.6. The summed E-state index contributed by atoms with van der Waals surface area (Å²) >= 11 is 0. The third-order valence-corrected chi connectivity index (χ3v) is 6.25. The van der Waals surface area contributed by atoms with E-state index < -0.39 is 5.66 Å². The number of nitrogens with one attached hydrogen (secondary N) is 2. The predicted octanol–water partition coefficient (Wildman–Crippen LogP) is 3.90. The summed E-state index contributed by atoms with van der Waals surface area (Å²) in [5.41, 5.74) is 4.44. The molecule has 0 radical (unpaired) electrons. The average molecular weight is 393 g/mol. The van der Waals surface area contributed by atoms with Crippen LogP contribution in [0.15, 0.2) is 42.5 Å². The van der Waals surface area contributed by atoms with Gasteiger partial charge in [0.05, 0.1) is 11.3 Å². The number of anilines is 2. The zero-order valence-corrected chi connectivity index (χ0v) is 17.3. The summed E-state index contributed by atoms with van der Waals surface area (Å²) in [5.74, 6) is -0.0293. The Morgan fingerprint density at radius 3 is 2.52 bits per heavy atom. The predicted molar refractivity (Wildman–Crippen MR) is 115 cm³/mol. The highest BCUT2D eigenvalue weighted by molar-refractivity contribution is 6.02. The van der Waals surface area contributed by atoms with E-state index in [1.807, 2.05) is 54.3 Å². The van der Waals surface area contributed by atoms with Gasteiger partial charge in [-0.3, -0.25) is 4.79 Å². The van der Waals surface area contributed by atoms with Gasteiger partial charge >= 0.3 is 6.03 Å². The van der Waals surface area contributed by atoms with Crippen molar-refractivity contribution < 1.29 is 9.59 Å². The summed E-state index contributed by atoms with van der Waals surface area (Å²) < 4.78 is 0. The van der Waals surface area contributed by atoms with Crippen LogP contribution in [0.2, 0.25) is 0 Å². The molecular formula is C23H28N4O2. The Morgan fingerprint density at radius 1 is 1.10 bits per heavy atom. The van der Waals surface area contributed by atoms with Gasteiger partial charge in [-0.1, -0.05) is 18.2 Å². The number of benzene rings is 2. The molecule has 1 spiro atoms. The Morgan fingerprint density at radius 2 is 1.83 bits per heavy atom. The Labute approximate surface area is 171 Å². The first kappa shape index (κ1) is 19.3. The van der Waals surface area contributed by atoms with Gasteiger partial charge in [-0.05, 0) is 56.2 Å². The fourth-order valence-electron chi connectivity index (χ4n) is 4.45. The molecule has 2 aliphatic rings. The SMILES string of the molecule is CCN1c2ccccc2C(=O)NC12CCN(C(=O)Nc1ccc(C)c(C)c1)CC2. The lowest BCUT2D eigenvalue weighted by atomic mass is 9.90. The van der Waals surface area contributed by atoms with E-state index in [1.54, 1.807) is 0 Å². The fourth-order valence-corrected chi connectivity index (χ4v) is 4.45. The van der Waals surface area contributed by atoms with Crippen molar-refractivity contribution in [2.24, 2.45) is 0 Å². The van der Waals surface area contributed by atoms with E-state index in [1.165, 1.54) is 5.56 Å². The molecule has 2 aromatic carbocycles. The summed E-state index contributed by atoms with van der Waals surface area (Å²) in [5, 5.41) is 6.25. The van der Waals surface area contributed by atoms with Crippen molar-refractivity contribution in [1.82, 2.24) is 10.2 Å². The molecule has 1 saturated heterocycles. The third-order valence-electron chi connectivity index (χ3n) is 6.25. The van der Waals surface area contributed by atoms with E-state index in [0.29, 0.717) is 25.9 Å². The lowest BCUT2D eigenvalue weighted by Crippen LogP contribution is -2.68. The van der Waals surface area contributed by atoms with Crippen LogP contribution in [0.5, 0.6) is 0 Å². The number of carbonyl (C=O) groups is 2. The highest BCUT2D eigenvalue weighted by atomic mass is 16.2. The van der Waals surface area contributed by atoms with Crippen molar-refractivity contribution in [3.8, 4) is 0 Å². The molecule has 3 amide bonds. The molecule has 2 aromatic rings. The van der Waals surface area contributed by atoms with Crippen molar-refractivity contribution in [2.75, 3.05) is 29.9 Å². The van der Waals surface area contributed by atoms with Crippen LogP contribution in [0.3, 0.4) is 0 Å². The van der Waals surface area contributed by atoms with Gasteiger partial charge < -0.3 is 20.4 Å². The number of carbonyl (C=O) groups excluding carboxylic acids is 2. The number of piperidine rings is 1. The lowest BCUT2D eigenvalue weighted by Gasteiger charge is -2.52. The quantitative estimate of drug-likeness (QED) is 0.815. The van der Waals surface area contributed by atoms with Gasteiger partial charge in [-0.25, -0.2) is 4.79 Å². The van der Waals surface area contributed by atoms with E-state index in [4.69, 9.17) is 0 Å². The van der Waals surface area contributed by atoms with Crippen molar-refractivity contribution in [2.45, 2.75) is 39.3 Å². The summed E-state index contributed by atoms with van der Waals surface area (Å²) in [4.78, 5) is 29.6. The average Bonchev–Trinajstić information content (AvgIpc) is 2.71. The minimum absolute atomic E-state index is 0.0293.